The summed E-state index contributed by atoms with van der Waals surface area (Å²) in [5.74, 6) is 1.13. The molecule has 188 valence electrons. The fourth-order valence-electron chi connectivity index (χ4n) is 5.78. The van der Waals surface area contributed by atoms with E-state index in [1.165, 1.54) is 40.1 Å². The molecular weight excluding hydrogens is 428 g/mol. The van der Waals surface area contributed by atoms with Gasteiger partial charge in [0.1, 0.15) is 5.82 Å². The van der Waals surface area contributed by atoms with Crippen LogP contribution in [0.25, 0.3) is 0 Å². The average Bonchev–Trinajstić information content (AvgIpc) is 3.13. The number of anilines is 2. The first-order valence-corrected chi connectivity index (χ1v) is 13.5. The minimum Gasteiger partial charge on any atom is -0.358 e. The number of fused-ring (bicyclic) bond motifs is 2. The van der Waals surface area contributed by atoms with E-state index in [2.05, 4.69) is 86.6 Å². The molecule has 1 atom stereocenters. The Morgan fingerprint density at radius 3 is 2.71 bits per heavy atom. The van der Waals surface area contributed by atoms with Crippen molar-refractivity contribution in [1.29, 1.82) is 0 Å². The first-order valence-electron chi connectivity index (χ1n) is 13.5. The van der Waals surface area contributed by atoms with Crippen LogP contribution in [0.3, 0.4) is 0 Å². The van der Waals surface area contributed by atoms with Crippen LogP contribution >= 0.6 is 0 Å². The lowest BCUT2D eigenvalue weighted by Gasteiger charge is -2.40. The van der Waals surface area contributed by atoms with E-state index in [0.717, 1.165) is 64.0 Å². The number of nitrogens with one attached hydrogen (secondary N) is 1. The van der Waals surface area contributed by atoms with Crippen LogP contribution in [-0.4, -0.2) is 42.6 Å². The van der Waals surface area contributed by atoms with Gasteiger partial charge in [-0.3, -0.25) is 0 Å². The van der Waals surface area contributed by atoms with E-state index in [1.807, 2.05) is 6.08 Å². The lowest BCUT2D eigenvalue weighted by Crippen LogP contribution is -2.43. The number of allylic oxidation sites excluding steroid dienone is 2. The van der Waals surface area contributed by atoms with E-state index in [-0.39, 0.29) is 5.41 Å². The van der Waals surface area contributed by atoms with Gasteiger partial charge in [0.15, 0.2) is 0 Å². The number of benzene rings is 1. The number of hydrogen-bond acceptors (Lipinski definition) is 4. The van der Waals surface area contributed by atoms with Gasteiger partial charge in [-0.05, 0) is 101 Å². The molecule has 4 nitrogen and oxygen atoms in total. The zero-order chi connectivity index (χ0) is 25.0. The molecule has 2 aliphatic rings. The standard InChI is InChI=1S/C31H44N4/c1-7-9-12-27-21-26(22-32-30(27)34(6)24(4)8-2)11-10-17-35-18-15-31(16-19-35)25(5)33-29-14-13-23(3)20-28(29)31/h7,13-14,20-22,24,33H,1,5,8-12,15-19H2,2-4,6H3. The summed E-state index contributed by atoms with van der Waals surface area (Å²) in [6, 6.07) is 9.67. The highest BCUT2D eigenvalue weighted by atomic mass is 15.2. The van der Waals surface area contributed by atoms with Gasteiger partial charge in [0.25, 0.3) is 0 Å². The molecule has 35 heavy (non-hydrogen) atoms. The molecule has 2 aliphatic heterocycles. The van der Waals surface area contributed by atoms with Gasteiger partial charge in [-0.15, -0.1) is 6.58 Å². The van der Waals surface area contributed by atoms with E-state index in [4.69, 9.17) is 4.98 Å². The number of aryl methyl sites for hydroxylation is 3. The van der Waals surface area contributed by atoms with E-state index < -0.39 is 0 Å². The lowest BCUT2D eigenvalue weighted by molar-refractivity contribution is 0.179. The Bertz CT molecular complexity index is 1050. The molecule has 2 aromatic rings. The van der Waals surface area contributed by atoms with Crippen molar-refractivity contribution in [2.75, 3.05) is 36.9 Å². The highest BCUT2D eigenvalue weighted by Crippen LogP contribution is 2.49. The molecule has 4 heteroatoms. The number of nitrogens with zero attached hydrogens (tertiary/aromatic N) is 3. The van der Waals surface area contributed by atoms with Crippen molar-refractivity contribution in [2.24, 2.45) is 0 Å². The van der Waals surface area contributed by atoms with Crippen LogP contribution in [0.15, 0.2) is 55.4 Å². The molecule has 1 aromatic carbocycles. The second-order valence-electron chi connectivity index (χ2n) is 10.7. The minimum absolute atomic E-state index is 0.110. The van der Waals surface area contributed by atoms with Gasteiger partial charge in [0.05, 0.1) is 0 Å². The molecule has 1 N–H and O–H groups in total. The van der Waals surface area contributed by atoms with Crippen molar-refractivity contribution < 1.29 is 0 Å². The van der Waals surface area contributed by atoms with Crippen molar-refractivity contribution in [3.63, 3.8) is 0 Å². The van der Waals surface area contributed by atoms with Gasteiger partial charge >= 0.3 is 0 Å². The first-order chi connectivity index (χ1) is 16.9. The molecule has 1 spiro atoms. The van der Waals surface area contributed by atoms with Crippen LogP contribution in [0, 0.1) is 6.92 Å². The van der Waals surface area contributed by atoms with Gasteiger partial charge < -0.3 is 15.1 Å². The molecule has 4 rings (SSSR count). The maximum absolute atomic E-state index is 4.91. The van der Waals surface area contributed by atoms with Crippen molar-refractivity contribution in [3.8, 4) is 0 Å². The summed E-state index contributed by atoms with van der Waals surface area (Å²) >= 11 is 0. The van der Waals surface area contributed by atoms with Crippen LogP contribution in [0.2, 0.25) is 0 Å². The summed E-state index contributed by atoms with van der Waals surface area (Å²) in [5.41, 5.74) is 8.07. The fraction of sp³-hybridized carbons (Fsp3) is 0.516. The third-order valence-electron chi connectivity index (χ3n) is 8.41. The molecule has 0 bridgehead atoms. The molecule has 1 unspecified atom stereocenters. The van der Waals surface area contributed by atoms with Crippen LogP contribution < -0.4 is 10.2 Å². The molecule has 0 amide bonds. The summed E-state index contributed by atoms with van der Waals surface area (Å²) in [6.45, 7) is 18.5. The molecule has 0 aliphatic carbocycles. The number of likely N-dealkylation sites (tertiary alicyclic amines) is 1. The van der Waals surface area contributed by atoms with Crippen molar-refractivity contribution in [2.45, 2.75) is 77.2 Å². The van der Waals surface area contributed by atoms with Crippen molar-refractivity contribution in [3.05, 3.63) is 77.6 Å². The largest absolute Gasteiger partial charge is 0.358 e. The van der Waals surface area contributed by atoms with Gasteiger partial charge in [-0.2, -0.15) is 0 Å². The van der Waals surface area contributed by atoms with E-state index in [0.29, 0.717) is 6.04 Å². The highest BCUT2D eigenvalue weighted by molar-refractivity contribution is 5.69. The monoisotopic (exact) mass is 472 g/mol. The second kappa shape index (κ2) is 11.0. The Morgan fingerprint density at radius 1 is 1.23 bits per heavy atom. The van der Waals surface area contributed by atoms with E-state index >= 15 is 0 Å². The summed E-state index contributed by atoms with van der Waals surface area (Å²) in [6.07, 6.45) is 11.8. The van der Waals surface area contributed by atoms with Gasteiger partial charge in [-0.25, -0.2) is 4.98 Å². The smallest absolute Gasteiger partial charge is 0.131 e. The summed E-state index contributed by atoms with van der Waals surface area (Å²) in [4.78, 5) is 9.88. The van der Waals surface area contributed by atoms with Gasteiger partial charge in [0.2, 0.25) is 0 Å². The number of pyridine rings is 1. The molecule has 1 saturated heterocycles. The van der Waals surface area contributed by atoms with Crippen LogP contribution in [0.4, 0.5) is 11.5 Å². The molecule has 0 radical (unpaired) electrons. The summed E-state index contributed by atoms with van der Waals surface area (Å²) in [7, 11) is 2.17. The predicted molar refractivity (Wildman–Crippen MR) is 151 cm³/mol. The van der Waals surface area contributed by atoms with E-state index in [9.17, 15) is 0 Å². The minimum atomic E-state index is 0.110. The number of hydrogen-bond donors (Lipinski definition) is 1. The average molecular weight is 473 g/mol. The van der Waals surface area contributed by atoms with Gasteiger partial charge in [0, 0.05) is 36.1 Å². The first kappa shape index (κ1) is 25.5. The topological polar surface area (TPSA) is 31.4 Å². The Morgan fingerprint density at radius 2 is 2.00 bits per heavy atom. The Labute approximate surface area is 213 Å². The molecule has 1 fully saturated rings. The van der Waals surface area contributed by atoms with Crippen LogP contribution in [0.1, 0.15) is 68.2 Å². The van der Waals surface area contributed by atoms with Crippen LogP contribution in [0.5, 0.6) is 0 Å². The molecule has 3 heterocycles. The normalized spacial score (nSPS) is 17.8. The van der Waals surface area contributed by atoms with Crippen molar-refractivity contribution in [1.82, 2.24) is 9.88 Å². The van der Waals surface area contributed by atoms with Crippen LogP contribution in [-0.2, 0) is 18.3 Å². The maximum Gasteiger partial charge on any atom is 0.131 e. The zero-order valence-corrected chi connectivity index (χ0v) is 22.4. The van der Waals surface area contributed by atoms with Gasteiger partial charge in [-0.1, -0.05) is 43.3 Å². The summed E-state index contributed by atoms with van der Waals surface area (Å²) in [5, 5.41) is 3.58. The second-order valence-corrected chi connectivity index (χ2v) is 10.7. The molecule has 1 aromatic heterocycles. The maximum atomic E-state index is 4.91. The van der Waals surface area contributed by atoms with Crippen molar-refractivity contribution >= 4 is 11.5 Å². The lowest BCUT2D eigenvalue weighted by atomic mass is 9.72. The number of piperidine rings is 1. The quantitative estimate of drug-likeness (QED) is 0.392. The predicted octanol–water partition coefficient (Wildman–Crippen LogP) is 6.65. The highest BCUT2D eigenvalue weighted by Gasteiger charge is 2.44. The third kappa shape index (κ3) is 5.33. The third-order valence-corrected chi connectivity index (χ3v) is 8.41. The number of aromatic nitrogens is 1. The molecule has 0 saturated carbocycles. The molecular formula is C31H44N4. The Hall–Kier alpha value is -2.59. The summed E-state index contributed by atoms with van der Waals surface area (Å²) < 4.78 is 0. The zero-order valence-electron chi connectivity index (χ0n) is 22.4. The number of rotatable bonds is 10. The Kier molecular flexibility index (Phi) is 8.01. The Balaban J connectivity index is 1.34. The SMILES string of the molecule is C=CCCc1cc(CCCN2CCC3(CC2)C(=C)Nc2ccc(C)cc23)cnc1N(C)C(C)CC. The fourth-order valence-corrected chi connectivity index (χ4v) is 5.78. The van der Waals surface area contributed by atoms with E-state index in [1.54, 1.807) is 0 Å².